The Bertz CT molecular complexity index is 2830. The van der Waals surface area contributed by atoms with Gasteiger partial charge in [0, 0.05) is 11.4 Å². The van der Waals surface area contributed by atoms with Crippen molar-refractivity contribution in [2.45, 2.75) is 31.6 Å². The fraction of sp³-hybridized carbons (Fsp3) is 0.0943. The summed E-state index contributed by atoms with van der Waals surface area (Å²) in [5.74, 6) is 0. The zero-order valence-electron chi connectivity index (χ0n) is 31.9. The first-order valence-corrected chi connectivity index (χ1v) is 22.1. The molecule has 56 heavy (non-hydrogen) atoms. The molecular formula is C53H40BNSi. The van der Waals surface area contributed by atoms with E-state index in [1.54, 1.807) is 0 Å². The molecule has 3 aliphatic heterocycles. The minimum absolute atomic E-state index is 0.0625. The van der Waals surface area contributed by atoms with Crippen LogP contribution in [0.3, 0.4) is 0 Å². The van der Waals surface area contributed by atoms with Crippen molar-refractivity contribution in [3.05, 3.63) is 216 Å². The fourth-order valence-corrected chi connectivity index (χ4v) is 16.5. The van der Waals surface area contributed by atoms with Gasteiger partial charge in [0.15, 0.2) is 8.07 Å². The van der Waals surface area contributed by atoms with Crippen LogP contribution in [0.5, 0.6) is 0 Å². The summed E-state index contributed by atoms with van der Waals surface area (Å²) in [6.45, 7) is 7.21. The number of fused-ring (bicyclic) bond motifs is 7. The smallest absolute Gasteiger partial charge is 0.246 e. The van der Waals surface area contributed by atoms with Crippen LogP contribution in [0.15, 0.2) is 188 Å². The molecule has 0 radical (unpaired) electrons. The molecule has 0 unspecified atom stereocenters. The zero-order chi connectivity index (χ0) is 37.4. The van der Waals surface area contributed by atoms with Crippen molar-refractivity contribution in [3.63, 3.8) is 0 Å². The molecule has 1 aliphatic carbocycles. The molecule has 0 bridgehead atoms. The van der Waals surface area contributed by atoms with Crippen LogP contribution in [0.2, 0.25) is 0 Å². The Balaban J connectivity index is 1.36. The van der Waals surface area contributed by atoms with E-state index < -0.39 is 13.5 Å². The van der Waals surface area contributed by atoms with Crippen molar-refractivity contribution in [2.24, 2.45) is 0 Å². The standard InChI is InChI=1S/C53H40BNSi/c1-52(2,3)35-33-44-49-46(34-35)54(36-19-7-4-8-20-36)45-30-18-32-48-51(45)55(49)50-43(53(44)41-27-15-13-25-39(41)40-26-14-16-28-42(40)53)29-17-31-47(50)56(48,37-21-9-5-10-22-37)38-23-11-6-12-24-38/h4-34H,1-3H3. The molecule has 4 aliphatic rings. The van der Waals surface area contributed by atoms with Gasteiger partial charge in [-0.05, 0) is 76.0 Å². The third-order valence-corrected chi connectivity index (χ3v) is 18.3. The molecule has 264 valence electrons. The average Bonchev–Trinajstić information content (AvgIpc) is 3.54. The van der Waals surface area contributed by atoms with E-state index in [0.29, 0.717) is 0 Å². The van der Waals surface area contributed by atoms with E-state index in [4.69, 9.17) is 0 Å². The summed E-state index contributed by atoms with van der Waals surface area (Å²) in [7, 11) is -2.92. The van der Waals surface area contributed by atoms with Crippen LogP contribution in [0.1, 0.15) is 48.6 Å². The van der Waals surface area contributed by atoms with Crippen LogP contribution in [0.25, 0.3) is 11.1 Å². The summed E-state index contributed by atoms with van der Waals surface area (Å²) in [5.41, 5.74) is 17.3. The third-order valence-electron chi connectivity index (χ3n) is 13.5. The van der Waals surface area contributed by atoms with Crippen LogP contribution in [-0.4, -0.2) is 14.8 Å². The second-order valence-corrected chi connectivity index (χ2v) is 20.9. The van der Waals surface area contributed by atoms with Gasteiger partial charge in [-0.1, -0.05) is 214 Å². The van der Waals surface area contributed by atoms with Crippen LogP contribution in [0, 0.1) is 0 Å². The highest BCUT2D eigenvalue weighted by molar-refractivity contribution is 7.22. The average molecular weight is 730 g/mol. The molecular weight excluding hydrogens is 689 g/mol. The molecule has 1 nitrogen and oxygen atoms in total. The highest BCUT2D eigenvalue weighted by atomic mass is 28.3. The van der Waals surface area contributed by atoms with Crippen molar-refractivity contribution in [1.82, 2.24) is 0 Å². The molecule has 12 rings (SSSR count). The van der Waals surface area contributed by atoms with Gasteiger partial charge in [-0.2, -0.15) is 0 Å². The number of nitrogens with zero attached hydrogens (tertiary/aromatic N) is 1. The second kappa shape index (κ2) is 11.2. The summed E-state index contributed by atoms with van der Waals surface area (Å²) in [6.07, 6.45) is 0. The lowest BCUT2D eigenvalue weighted by molar-refractivity contribution is 0.588. The maximum absolute atomic E-state index is 2.92. The van der Waals surface area contributed by atoms with Gasteiger partial charge in [0.05, 0.1) is 11.1 Å². The first kappa shape index (κ1) is 32.1. The van der Waals surface area contributed by atoms with Gasteiger partial charge in [0.2, 0.25) is 6.71 Å². The van der Waals surface area contributed by atoms with Crippen molar-refractivity contribution in [2.75, 3.05) is 4.90 Å². The molecule has 0 fully saturated rings. The molecule has 0 N–H and O–H groups in total. The summed E-state index contributed by atoms with van der Waals surface area (Å²) in [4.78, 5) is 2.76. The van der Waals surface area contributed by atoms with Crippen LogP contribution >= 0.6 is 0 Å². The Kier molecular flexibility index (Phi) is 6.43. The van der Waals surface area contributed by atoms with Gasteiger partial charge in [0.25, 0.3) is 0 Å². The molecule has 0 saturated carbocycles. The largest absolute Gasteiger partial charge is 0.311 e. The molecule has 0 atom stereocenters. The molecule has 1 spiro atoms. The van der Waals surface area contributed by atoms with Crippen molar-refractivity contribution < 1.29 is 0 Å². The van der Waals surface area contributed by atoms with Crippen molar-refractivity contribution in [1.29, 1.82) is 0 Å². The molecule has 0 amide bonds. The topological polar surface area (TPSA) is 3.24 Å². The molecule has 0 aromatic heterocycles. The Morgan fingerprint density at radius 3 is 1.57 bits per heavy atom. The Labute approximate surface area is 331 Å². The molecule has 8 aromatic carbocycles. The number of rotatable bonds is 3. The molecule has 3 heterocycles. The number of benzene rings is 8. The van der Waals surface area contributed by atoms with E-state index in [0.717, 1.165) is 0 Å². The summed E-state index contributed by atoms with van der Waals surface area (Å²) >= 11 is 0. The molecule has 0 saturated heterocycles. The Morgan fingerprint density at radius 2 is 0.964 bits per heavy atom. The van der Waals surface area contributed by atoms with E-state index in [-0.39, 0.29) is 12.1 Å². The van der Waals surface area contributed by atoms with Crippen LogP contribution < -0.4 is 42.0 Å². The van der Waals surface area contributed by atoms with Gasteiger partial charge in [0.1, 0.15) is 0 Å². The van der Waals surface area contributed by atoms with Crippen LogP contribution in [0.4, 0.5) is 17.1 Å². The van der Waals surface area contributed by atoms with Crippen molar-refractivity contribution in [3.8, 4) is 11.1 Å². The maximum Gasteiger partial charge on any atom is 0.246 e. The van der Waals surface area contributed by atoms with E-state index in [2.05, 4.69) is 214 Å². The highest BCUT2D eigenvalue weighted by Gasteiger charge is 2.60. The summed E-state index contributed by atoms with van der Waals surface area (Å²) < 4.78 is 0. The second-order valence-electron chi connectivity index (χ2n) is 17.2. The van der Waals surface area contributed by atoms with Crippen molar-refractivity contribution >= 4 is 69.0 Å². The summed E-state index contributed by atoms with van der Waals surface area (Å²) in [5, 5.41) is 5.78. The quantitative estimate of drug-likeness (QED) is 0.169. The lowest BCUT2D eigenvalue weighted by Gasteiger charge is -2.55. The lowest BCUT2D eigenvalue weighted by Crippen LogP contribution is -2.79. The lowest BCUT2D eigenvalue weighted by atomic mass is 9.34. The highest BCUT2D eigenvalue weighted by Crippen LogP contribution is 2.64. The Hall–Kier alpha value is -6.16. The number of hydrogen-bond acceptors (Lipinski definition) is 1. The predicted octanol–water partition coefficient (Wildman–Crippen LogP) is 7.65. The van der Waals surface area contributed by atoms with E-state index in [1.807, 2.05) is 0 Å². The van der Waals surface area contributed by atoms with Gasteiger partial charge in [-0.25, -0.2) is 0 Å². The molecule has 8 aromatic rings. The number of anilines is 3. The van der Waals surface area contributed by atoms with E-state index in [9.17, 15) is 0 Å². The van der Waals surface area contributed by atoms with Gasteiger partial charge in [-0.15, -0.1) is 0 Å². The predicted molar refractivity (Wildman–Crippen MR) is 239 cm³/mol. The third kappa shape index (κ3) is 3.82. The normalized spacial score (nSPS) is 15.6. The maximum atomic E-state index is 2.76. The number of hydrogen-bond donors (Lipinski definition) is 0. The zero-order valence-corrected chi connectivity index (χ0v) is 32.9. The first-order valence-electron chi connectivity index (χ1n) is 20.1. The minimum atomic E-state index is -2.92. The van der Waals surface area contributed by atoms with Gasteiger partial charge >= 0.3 is 0 Å². The number of para-hydroxylation sites is 2. The van der Waals surface area contributed by atoms with Crippen LogP contribution in [-0.2, 0) is 10.8 Å². The minimum Gasteiger partial charge on any atom is -0.311 e. The van der Waals surface area contributed by atoms with Gasteiger partial charge in [-0.3, -0.25) is 0 Å². The van der Waals surface area contributed by atoms with Gasteiger partial charge < -0.3 is 4.90 Å². The molecule has 3 heteroatoms. The monoisotopic (exact) mass is 729 g/mol. The van der Waals surface area contributed by atoms with E-state index >= 15 is 0 Å². The summed E-state index contributed by atoms with van der Waals surface area (Å²) in [6, 6.07) is 72.7. The fourth-order valence-electron chi connectivity index (χ4n) is 11.4. The SMILES string of the molecule is CC(C)(C)c1cc2c3c(c1)C1(c4ccccc4-c4ccccc41)c1cccc4c1N3c1c(cccc1[Si]4(c1ccccc1)c1ccccc1)B2c1ccccc1. The Morgan fingerprint density at radius 1 is 0.446 bits per heavy atom. The van der Waals surface area contributed by atoms with E-state index in [1.165, 1.54) is 93.1 Å². The first-order chi connectivity index (χ1) is 27.4.